The van der Waals surface area contributed by atoms with E-state index in [0.717, 1.165) is 5.69 Å². The number of anilines is 3. The quantitative estimate of drug-likeness (QED) is 0.461. The highest BCUT2D eigenvalue weighted by Gasteiger charge is 2.08. The fourth-order valence-corrected chi connectivity index (χ4v) is 2.98. The number of benzene rings is 2. The summed E-state index contributed by atoms with van der Waals surface area (Å²) < 4.78 is 1.67. The van der Waals surface area contributed by atoms with Gasteiger partial charge in [-0.25, -0.2) is 14.6 Å². The van der Waals surface area contributed by atoms with Crippen LogP contribution < -0.4 is 10.6 Å². The van der Waals surface area contributed by atoms with Gasteiger partial charge in [-0.2, -0.15) is 5.10 Å². The third-order valence-corrected chi connectivity index (χ3v) is 4.53. The van der Waals surface area contributed by atoms with E-state index in [0.29, 0.717) is 34.3 Å². The first-order valence-electron chi connectivity index (χ1n) is 9.63. The van der Waals surface area contributed by atoms with E-state index >= 15 is 0 Å². The lowest BCUT2D eigenvalue weighted by Crippen LogP contribution is -2.12. The smallest absolute Gasteiger partial charge is 0.255 e. The molecule has 2 heterocycles. The minimum atomic E-state index is -0.244. The minimum Gasteiger partial charge on any atom is -0.340 e. The van der Waals surface area contributed by atoms with Gasteiger partial charge < -0.3 is 10.6 Å². The molecule has 2 aromatic heterocycles. The number of aromatic nitrogens is 4. The summed E-state index contributed by atoms with van der Waals surface area (Å²) in [6, 6.07) is 17.5. The SMILES string of the molecule is CC(=O)c1ccc(C(=O)Nc2ccc(Nc3cc(-n4cccn4)nc(C)n3)cc2)cc1. The van der Waals surface area contributed by atoms with Gasteiger partial charge in [0.15, 0.2) is 11.6 Å². The zero-order valence-corrected chi connectivity index (χ0v) is 17.0. The molecule has 4 aromatic rings. The number of amides is 1. The molecule has 0 saturated carbocycles. The predicted molar refractivity (Wildman–Crippen MR) is 118 cm³/mol. The predicted octanol–water partition coefficient (Wildman–Crippen LogP) is 4.17. The number of nitrogens with one attached hydrogen (secondary N) is 2. The van der Waals surface area contributed by atoms with Crippen molar-refractivity contribution in [1.82, 2.24) is 19.7 Å². The molecule has 31 heavy (non-hydrogen) atoms. The van der Waals surface area contributed by atoms with Crippen molar-refractivity contribution in [1.29, 1.82) is 0 Å². The number of Topliss-reactive ketones (excluding diaryl/α,β-unsaturated/α-hetero) is 1. The lowest BCUT2D eigenvalue weighted by molar-refractivity contribution is 0.101. The molecule has 4 rings (SSSR count). The highest BCUT2D eigenvalue weighted by molar-refractivity contribution is 6.05. The van der Waals surface area contributed by atoms with Gasteiger partial charge in [0.2, 0.25) is 0 Å². The van der Waals surface area contributed by atoms with Crippen molar-refractivity contribution in [2.24, 2.45) is 0 Å². The molecule has 1 amide bonds. The number of nitrogens with zero attached hydrogens (tertiary/aromatic N) is 4. The molecule has 0 atom stereocenters. The van der Waals surface area contributed by atoms with E-state index in [-0.39, 0.29) is 11.7 Å². The number of ketones is 1. The molecule has 0 aliphatic rings. The Morgan fingerprint density at radius 3 is 2.23 bits per heavy atom. The number of carbonyl (C=O) groups excluding carboxylic acids is 2. The first kappa shape index (κ1) is 20.0. The van der Waals surface area contributed by atoms with Crippen molar-refractivity contribution in [3.05, 3.63) is 90.0 Å². The highest BCUT2D eigenvalue weighted by atomic mass is 16.1. The van der Waals surface area contributed by atoms with Gasteiger partial charge in [-0.15, -0.1) is 0 Å². The Bertz CT molecular complexity index is 1220. The fraction of sp³-hybridized carbons (Fsp3) is 0.0870. The molecule has 0 aliphatic heterocycles. The molecular formula is C23H20N6O2. The lowest BCUT2D eigenvalue weighted by atomic mass is 10.1. The molecule has 8 nitrogen and oxygen atoms in total. The largest absolute Gasteiger partial charge is 0.340 e. The normalized spacial score (nSPS) is 10.5. The van der Waals surface area contributed by atoms with Crippen molar-refractivity contribution in [2.75, 3.05) is 10.6 Å². The van der Waals surface area contributed by atoms with E-state index in [4.69, 9.17) is 0 Å². The summed E-state index contributed by atoms with van der Waals surface area (Å²) in [6.07, 6.45) is 3.51. The van der Waals surface area contributed by atoms with Crippen LogP contribution in [0.3, 0.4) is 0 Å². The summed E-state index contributed by atoms with van der Waals surface area (Å²) in [4.78, 5) is 32.6. The second-order valence-electron chi connectivity index (χ2n) is 6.90. The maximum atomic E-state index is 12.4. The summed E-state index contributed by atoms with van der Waals surface area (Å²) in [5.74, 6) is 1.65. The molecule has 0 radical (unpaired) electrons. The van der Waals surface area contributed by atoms with E-state index in [2.05, 4.69) is 25.7 Å². The van der Waals surface area contributed by atoms with E-state index in [1.165, 1.54) is 6.92 Å². The highest BCUT2D eigenvalue weighted by Crippen LogP contribution is 2.20. The zero-order chi connectivity index (χ0) is 21.8. The van der Waals surface area contributed by atoms with Crippen LogP contribution in [0.15, 0.2) is 73.1 Å². The molecule has 154 valence electrons. The zero-order valence-electron chi connectivity index (χ0n) is 17.0. The fourth-order valence-electron chi connectivity index (χ4n) is 2.98. The van der Waals surface area contributed by atoms with Crippen LogP contribution in [0.4, 0.5) is 17.2 Å². The van der Waals surface area contributed by atoms with Gasteiger partial charge in [0.1, 0.15) is 11.6 Å². The number of rotatable bonds is 6. The average molecular weight is 412 g/mol. The standard InChI is InChI=1S/C23H20N6O2/c1-15(30)17-4-6-18(7-5-17)23(31)28-20-10-8-19(9-11-20)27-21-14-22(26-16(2)25-21)29-13-3-12-24-29/h3-14H,1-2H3,(H,28,31)(H,25,26,27). The molecular weight excluding hydrogens is 392 g/mol. The Kier molecular flexibility index (Phi) is 5.53. The second-order valence-corrected chi connectivity index (χ2v) is 6.90. The van der Waals surface area contributed by atoms with Crippen molar-refractivity contribution >= 4 is 28.9 Å². The van der Waals surface area contributed by atoms with E-state index < -0.39 is 0 Å². The molecule has 8 heteroatoms. The topological polar surface area (TPSA) is 102 Å². The number of aryl methyl sites for hydroxylation is 1. The van der Waals surface area contributed by atoms with Crippen LogP contribution in [-0.2, 0) is 0 Å². The maximum Gasteiger partial charge on any atom is 0.255 e. The molecule has 0 saturated heterocycles. The lowest BCUT2D eigenvalue weighted by Gasteiger charge is -2.10. The van der Waals surface area contributed by atoms with Gasteiger partial charge in [0.25, 0.3) is 5.91 Å². The summed E-state index contributed by atoms with van der Waals surface area (Å²) >= 11 is 0. The first-order valence-corrected chi connectivity index (χ1v) is 9.63. The first-order chi connectivity index (χ1) is 15.0. The maximum absolute atomic E-state index is 12.4. The number of hydrogen-bond donors (Lipinski definition) is 2. The molecule has 0 bridgehead atoms. The van der Waals surface area contributed by atoms with Crippen LogP contribution in [0.25, 0.3) is 5.82 Å². The number of carbonyl (C=O) groups is 2. The van der Waals surface area contributed by atoms with Gasteiger partial charge in [0, 0.05) is 41.0 Å². The van der Waals surface area contributed by atoms with E-state index in [1.807, 2.05) is 31.3 Å². The molecule has 2 N–H and O–H groups in total. The Morgan fingerprint density at radius 2 is 1.58 bits per heavy atom. The summed E-state index contributed by atoms with van der Waals surface area (Å²) in [6.45, 7) is 3.31. The molecule has 0 spiro atoms. The van der Waals surface area contributed by atoms with Crippen molar-refractivity contribution in [2.45, 2.75) is 13.8 Å². The third kappa shape index (κ3) is 4.81. The van der Waals surface area contributed by atoms with Gasteiger partial charge in [-0.1, -0.05) is 12.1 Å². The van der Waals surface area contributed by atoms with Gasteiger partial charge in [0.05, 0.1) is 0 Å². The van der Waals surface area contributed by atoms with E-state index in [9.17, 15) is 9.59 Å². The Balaban J connectivity index is 1.44. The van der Waals surface area contributed by atoms with Crippen LogP contribution in [0.2, 0.25) is 0 Å². The minimum absolute atomic E-state index is 0.0364. The van der Waals surface area contributed by atoms with Crippen LogP contribution in [-0.4, -0.2) is 31.4 Å². The summed E-state index contributed by atoms with van der Waals surface area (Å²) in [5.41, 5.74) is 2.52. The Morgan fingerprint density at radius 1 is 0.903 bits per heavy atom. The van der Waals surface area contributed by atoms with Gasteiger partial charge in [-0.05, 0) is 56.3 Å². The third-order valence-electron chi connectivity index (χ3n) is 4.53. The Labute approximate surface area is 179 Å². The van der Waals surface area contributed by atoms with E-state index in [1.54, 1.807) is 53.3 Å². The van der Waals surface area contributed by atoms with Gasteiger partial charge in [-0.3, -0.25) is 9.59 Å². The molecule has 0 aliphatic carbocycles. The molecule has 2 aromatic carbocycles. The summed E-state index contributed by atoms with van der Waals surface area (Å²) in [5, 5.41) is 10.3. The molecule has 0 unspecified atom stereocenters. The average Bonchev–Trinajstić information content (AvgIpc) is 3.30. The summed E-state index contributed by atoms with van der Waals surface area (Å²) in [7, 11) is 0. The van der Waals surface area contributed by atoms with Crippen LogP contribution in [0, 0.1) is 6.92 Å². The van der Waals surface area contributed by atoms with Crippen molar-refractivity contribution in [3.63, 3.8) is 0 Å². The molecule has 0 fully saturated rings. The van der Waals surface area contributed by atoms with Crippen molar-refractivity contribution < 1.29 is 9.59 Å². The van der Waals surface area contributed by atoms with Gasteiger partial charge >= 0.3 is 0 Å². The number of hydrogen-bond acceptors (Lipinski definition) is 6. The second kappa shape index (κ2) is 8.58. The van der Waals surface area contributed by atoms with Crippen LogP contribution in [0.5, 0.6) is 0 Å². The van der Waals surface area contributed by atoms with Crippen molar-refractivity contribution in [3.8, 4) is 5.82 Å². The van der Waals surface area contributed by atoms with Crippen LogP contribution >= 0.6 is 0 Å². The van der Waals surface area contributed by atoms with Crippen LogP contribution in [0.1, 0.15) is 33.5 Å². The monoisotopic (exact) mass is 412 g/mol. The Hall–Kier alpha value is -4.33.